The first-order valence-corrected chi connectivity index (χ1v) is 10.5. The summed E-state index contributed by atoms with van der Waals surface area (Å²) in [5.74, 6) is 2.05. The van der Waals surface area contributed by atoms with E-state index < -0.39 is 7.23 Å². The normalized spacial score (nSPS) is 16.9. The average molecular weight is 321 g/mol. The molecule has 2 nitrogen and oxygen atoms in total. The van der Waals surface area contributed by atoms with Crippen LogP contribution in [0.2, 0.25) is 0 Å². The summed E-state index contributed by atoms with van der Waals surface area (Å²) in [6, 6.07) is 0. The summed E-state index contributed by atoms with van der Waals surface area (Å²) in [6.07, 6.45) is 4.92. The molecule has 0 radical (unpaired) electrons. The number of hydrogen-bond donors (Lipinski definition) is 1. The van der Waals surface area contributed by atoms with Gasteiger partial charge >= 0.3 is 7.23 Å². The fourth-order valence-electron chi connectivity index (χ4n) is 3.08. The zero-order chi connectivity index (χ0) is 16.0. The van der Waals surface area contributed by atoms with Crippen molar-refractivity contribution in [3.8, 4) is 0 Å². The molecular formula is C16H34O2PS+. The quantitative estimate of drug-likeness (QED) is 0.508. The molecule has 0 bridgehead atoms. The van der Waals surface area contributed by atoms with Gasteiger partial charge in [0.05, 0.1) is 0 Å². The molecule has 0 aromatic carbocycles. The van der Waals surface area contributed by atoms with Gasteiger partial charge in [-0.25, -0.2) is 0 Å². The van der Waals surface area contributed by atoms with Gasteiger partial charge in [-0.05, 0) is 46.5 Å². The lowest BCUT2D eigenvalue weighted by Crippen LogP contribution is -2.19. The van der Waals surface area contributed by atoms with Crippen LogP contribution in [0.15, 0.2) is 0 Å². The van der Waals surface area contributed by atoms with Gasteiger partial charge in [0, 0.05) is 5.75 Å². The molecule has 0 aliphatic carbocycles. The Balaban J connectivity index is 4.08. The molecule has 0 aromatic rings. The lowest BCUT2D eigenvalue weighted by atomic mass is 9.76. The van der Waals surface area contributed by atoms with Gasteiger partial charge in [0.1, 0.15) is 0 Å². The highest BCUT2D eigenvalue weighted by molar-refractivity contribution is 8.50. The summed E-state index contributed by atoms with van der Waals surface area (Å²) in [6.45, 7) is 16.1. The molecule has 0 spiro atoms. The molecule has 120 valence electrons. The van der Waals surface area contributed by atoms with Gasteiger partial charge in [-0.1, -0.05) is 54.9 Å². The second-order valence-corrected chi connectivity index (χ2v) is 11.2. The van der Waals surface area contributed by atoms with Crippen LogP contribution < -0.4 is 0 Å². The molecule has 0 aromatic heterocycles. The van der Waals surface area contributed by atoms with Crippen molar-refractivity contribution in [1.82, 2.24) is 0 Å². The average Bonchev–Trinajstić information content (AvgIpc) is 2.21. The zero-order valence-corrected chi connectivity index (χ0v) is 16.1. The maximum Gasteiger partial charge on any atom is 0.582 e. The van der Waals surface area contributed by atoms with Gasteiger partial charge < -0.3 is 0 Å². The molecule has 0 saturated carbocycles. The number of rotatable bonds is 9. The second kappa shape index (κ2) is 8.76. The summed E-state index contributed by atoms with van der Waals surface area (Å²) in [4.78, 5) is 8.86. The fraction of sp³-hybridized carbons (Fsp3) is 1.00. The molecule has 0 aliphatic rings. The predicted molar refractivity (Wildman–Crippen MR) is 92.3 cm³/mol. The molecule has 0 fully saturated rings. The van der Waals surface area contributed by atoms with E-state index in [1.54, 1.807) is 0 Å². The van der Waals surface area contributed by atoms with Crippen LogP contribution >= 0.6 is 18.6 Å². The summed E-state index contributed by atoms with van der Waals surface area (Å²) in [5.41, 5.74) is 0.743. The summed E-state index contributed by atoms with van der Waals surface area (Å²) >= 11 is 1.18. The van der Waals surface area contributed by atoms with Gasteiger partial charge in [0.15, 0.2) is 11.4 Å². The van der Waals surface area contributed by atoms with Crippen LogP contribution in [-0.4, -0.2) is 10.6 Å². The maximum atomic E-state index is 10.7. The molecule has 3 unspecified atom stereocenters. The van der Waals surface area contributed by atoms with E-state index in [4.69, 9.17) is 4.89 Å². The minimum absolute atomic E-state index is 0.327. The van der Waals surface area contributed by atoms with Crippen LogP contribution in [0.4, 0.5) is 0 Å². The summed E-state index contributed by atoms with van der Waals surface area (Å²) in [7, 11) is -2.04. The third-order valence-corrected chi connectivity index (χ3v) is 5.69. The van der Waals surface area contributed by atoms with Crippen LogP contribution in [0.5, 0.6) is 0 Å². The predicted octanol–water partition coefficient (Wildman–Crippen LogP) is 6.27. The standard InChI is InChI=1S/C16H33O2PS/c1-13(10-15(3,4)5)8-9-16(6,7)11-14(2)12-20-19(17)18/h13-14H,8-12H2,1-7H3/p+1. The van der Waals surface area contributed by atoms with Crippen molar-refractivity contribution >= 4 is 18.6 Å². The SMILES string of the molecule is CC(CCC(C)(C)CC(C)CS[P+](=O)O)CC(C)(C)C. The highest BCUT2D eigenvalue weighted by Gasteiger charge is 2.25. The van der Waals surface area contributed by atoms with E-state index in [1.807, 2.05) is 0 Å². The Morgan fingerprint density at radius 3 is 2.05 bits per heavy atom. The Morgan fingerprint density at radius 1 is 1.05 bits per heavy atom. The van der Waals surface area contributed by atoms with Gasteiger partial charge in [0.2, 0.25) is 0 Å². The van der Waals surface area contributed by atoms with Crippen molar-refractivity contribution in [3.05, 3.63) is 0 Å². The van der Waals surface area contributed by atoms with E-state index in [-0.39, 0.29) is 0 Å². The van der Waals surface area contributed by atoms with Gasteiger partial charge in [-0.15, -0.1) is 0 Å². The van der Waals surface area contributed by atoms with Gasteiger partial charge in [0.25, 0.3) is 0 Å². The van der Waals surface area contributed by atoms with Gasteiger partial charge in [-0.3, -0.25) is 0 Å². The first-order valence-electron chi connectivity index (χ1n) is 7.70. The third-order valence-electron chi connectivity index (χ3n) is 3.65. The molecule has 20 heavy (non-hydrogen) atoms. The van der Waals surface area contributed by atoms with E-state index in [1.165, 1.54) is 30.6 Å². The van der Waals surface area contributed by atoms with Crippen molar-refractivity contribution in [2.75, 3.05) is 5.75 Å². The molecule has 4 heteroatoms. The molecular weight excluding hydrogens is 287 g/mol. The highest BCUT2D eigenvalue weighted by atomic mass is 32.7. The zero-order valence-electron chi connectivity index (χ0n) is 14.4. The lowest BCUT2D eigenvalue weighted by molar-refractivity contribution is 0.221. The Hall–Kier alpha value is 0.410. The third kappa shape index (κ3) is 12.2. The monoisotopic (exact) mass is 321 g/mol. The minimum Gasteiger partial charge on any atom is -0.151 e. The lowest BCUT2D eigenvalue weighted by Gasteiger charge is -2.30. The van der Waals surface area contributed by atoms with Crippen LogP contribution in [0.1, 0.15) is 74.1 Å². The van der Waals surface area contributed by atoms with Crippen molar-refractivity contribution in [2.24, 2.45) is 22.7 Å². The molecule has 3 atom stereocenters. The van der Waals surface area contributed by atoms with E-state index in [2.05, 4.69) is 48.5 Å². The molecule has 0 amide bonds. The van der Waals surface area contributed by atoms with Crippen molar-refractivity contribution in [1.29, 1.82) is 0 Å². The summed E-state index contributed by atoms with van der Waals surface area (Å²) in [5, 5.41) is 0. The smallest absolute Gasteiger partial charge is 0.151 e. The molecule has 0 aliphatic heterocycles. The van der Waals surface area contributed by atoms with E-state index in [0.29, 0.717) is 16.7 Å². The Kier molecular flexibility index (Phi) is 8.94. The van der Waals surface area contributed by atoms with Crippen molar-refractivity contribution in [3.63, 3.8) is 0 Å². The van der Waals surface area contributed by atoms with E-state index in [9.17, 15) is 4.57 Å². The number of hydrogen-bond acceptors (Lipinski definition) is 2. The van der Waals surface area contributed by atoms with Gasteiger partial charge in [-0.2, -0.15) is 4.89 Å². The van der Waals surface area contributed by atoms with Crippen LogP contribution in [0.3, 0.4) is 0 Å². The molecule has 1 N–H and O–H groups in total. The molecule has 0 saturated heterocycles. The van der Waals surface area contributed by atoms with E-state index in [0.717, 1.165) is 18.1 Å². The first kappa shape index (κ1) is 20.4. The van der Waals surface area contributed by atoms with Crippen LogP contribution in [0, 0.1) is 22.7 Å². The maximum absolute atomic E-state index is 10.7. The first-order chi connectivity index (χ1) is 8.91. The van der Waals surface area contributed by atoms with Crippen molar-refractivity contribution in [2.45, 2.75) is 74.1 Å². The van der Waals surface area contributed by atoms with E-state index >= 15 is 0 Å². The molecule has 0 heterocycles. The second-order valence-electron chi connectivity index (χ2n) is 8.42. The summed E-state index contributed by atoms with van der Waals surface area (Å²) < 4.78 is 10.7. The van der Waals surface area contributed by atoms with Crippen LogP contribution in [-0.2, 0) is 4.57 Å². The minimum atomic E-state index is -2.04. The fourth-order valence-corrected chi connectivity index (χ4v) is 4.73. The molecule has 0 rings (SSSR count). The highest BCUT2D eigenvalue weighted by Crippen LogP contribution is 2.39. The Labute approximate surface area is 131 Å². The largest absolute Gasteiger partial charge is 0.582 e. The Bertz CT molecular complexity index is 297. The van der Waals surface area contributed by atoms with Crippen LogP contribution in [0.25, 0.3) is 0 Å². The topological polar surface area (TPSA) is 37.3 Å². The Morgan fingerprint density at radius 2 is 1.60 bits per heavy atom. The van der Waals surface area contributed by atoms with Crippen molar-refractivity contribution < 1.29 is 9.46 Å².